The maximum absolute atomic E-state index is 14.2. The number of fused-ring (bicyclic) bond motifs is 9. The summed E-state index contributed by atoms with van der Waals surface area (Å²) in [4.78, 5) is 19.4. The highest BCUT2D eigenvalue weighted by Crippen LogP contribution is 2.64. The van der Waals surface area contributed by atoms with Crippen LogP contribution in [-0.2, 0) is 5.41 Å². The monoisotopic (exact) mass is 612 g/mol. The van der Waals surface area contributed by atoms with Crippen LogP contribution in [0.3, 0.4) is 0 Å². The van der Waals surface area contributed by atoms with Gasteiger partial charge in [-0.15, -0.1) is 0 Å². The van der Waals surface area contributed by atoms with Gasteiger partial charge in [-0.05, 0) is 73.7 Å². The third-order valence-corrected chi connectivity index (χ3v) is 10.3. The molecule has 0 saturated heterocycles. The second-order valence-electron chi connectivity index (χ2n) is 12.6. The molecular weight excluding hydrogens is 585 g/mol. The Morgan fingerprint density at radius 1 is 0.604 bits per heavy atom. The van der Waals surface area contributed by atoms with E-state index in [1.54, 1.807) is 0 Å². The van der Waals surface area contributed by atoms with Crippen LogP contribution in [-0.4, -0.2) is 9.38 Å². The highest BCUT2D eigenvalue weighted by molar-refractivity contribution is 6.17. The molecule has 3 heteroatoms. The fourth-order valence-corrected chi connectivity index (χ4v) is 8.58. The maximum Gasteiger partial charge on any atom is 0.264 e. The van der Waals surface area contributed by atoms with Crippen molar-refractivity contribution in [3.05, 3.63) is 203 Å². The molecular formula is C45H28N2O. The summed E-state index contributed by atoms with van der Waals surface area (Å²) in [6.07, 6.45) is 6.09. The van der Waals surface area contributed by atoms with E-state index in [9.17, 15) is 4.79 Å². The summed E-state index contributed by atoms with van der Waals surface area (Å²) < 4.78 is 1.82. The number of aromatic nitrogens is 2. The average molecular weight is 613 g/mol. The Kier molecular flexibility index (Phi) is 5.51. The molecule has 8 aromatic rings. The average Bonchev–Trinajstić information content (AvgIpc) is 3.78. The molecule has 2 aliphatic rings. The first-order chi connectivity index (χ1) is 23.7. The molecule has 0 N–H and O–H groups in total. The van der Waals surface area contributed by atoms with Crippen LogP contribution in [0.15, 0.2) is 169 Å². The number of imidazole rings is 1. The molecule has 0 radical (unpaired) electrons. The molecule has 0 bridgehead atoms. The van der Waals surface area contributed by atoms with Crippen LogP contribution < -0.4 is 5.56 Å². The molecule has 2 aliphatic carbocycles. The van der Waals surface area contributed by atoms with Gasteiger partial charge in [-0.2, -0.15) is 0 Å². The summed E-state index contributed by atoms with van der Waals surface area (Å²) in [5, 5.41) is 2.62. The van der Waals surface area contributed by atoms with Gasteiger partial charge in [0.2, 0.25) is 0 Å². The zero-order valence-corrected chi connectivity index (χ0v) is 26.0. The largest absolute Gasteiger partial charge is 0.268 e. The zero-order chi connectivity index (χ0) is 32.0. The number of hydrogen-bond donors (Lipinski definition) is 0. The van der Waals surface area contributed by atoms with E-state index in [0.717, 1.165) is 38.5 Å². The molecule has 6 aromatic carbocycles. The molecule has 3 nitrogen and oxygen atoms in total. The molecule has 48 heavy (non-hydrogen) atoms. The van der Waals surface area contributed by atoms with Crippen molar-refractivity contribution in [1.29, 1.82) is 0 Å². The molecule has 0 atom stereocenters. The summed E-state index contributed by atoms with van der Waals surface area (Å²) in [6, 6.07) is 49.0. The SMILES string of the molecule is C=C/C=C\C1=C(c2cc3nc(-c4ccccc4)n4c(=O)c5ccccc5c(c2)c34)C2(c3ccccc31)c1ccccc1-c1ccccc12. The van der Waals surface area contributed by atoms with Crippen LogP contribution >= 0.6 is 0 Å². The number of pyridine rings is 1. The van der Waals surface area contributed by atoms with Crippen LogP contribution in [0.25, 0.3) is 60.9 Å². The minimum Gasteiger partial charge on any atom is -0.268 e. The second-order valence-corrected chi connectivity index (χ2v) is 12.6. The van der Waals surface area contributed by atoms with Gasteiger partial charge in [0.1, 0.15) is 5.82 Å². The number of allylic oxidation sites excluding steroid dienone is 5. The summed E-state index contributed by atoms with van der Waals surface area (Å²) in [7, 11) is 0. The van der Waals surface area contributed by atoms with Gasteiger partial charge in [-0.3, -0.25) is 9.20 Å². The lowest BCUT2D eigenvalue weighted by atomic mass is 9.67. The molecule has 10 rings (SSSR count). The van der Waals surface area contributed by atoms with Crippen LogP contribution in [0.2, 0.25) is 0 Å². The third kappa shape index (κ3) is 3.32. The molecule has 0 amide bonds. The molecule has 2 heterocycles. The van der Waals surface area contributed by atoms with Crippen molar-refractivity contribution in [3.8, 4) is 22.5 Å². The van der Waals surface area contributed by atoms with Gasteiger partial charge in [-0.25, -0.2) is 4.98 Å². The first-order valence-electron chi connectivity index (χ1n) is 16.3. The number of hydrogen-bond acceptors (Lipinski definition) is 2. The van der Waals surface area contributed by atoms with Crippen molar-refractivity contribution in [2.75, 3.05) is 0 Å². The topological polar surface area (TPSA) is 34.4 Å². The predicted molar refractivity (Wildman–Crippen MR) is 197 cm³/mol. The van der Waals surface area contributed by atoms with E-state index in [4.69, 9.17) is 4.98 Å². The van der Waals surface area contributed by atoms with E-state index >= 15 is 0 Å². The van der Waals surface area contributed by atoms with Crippen LogP contribution in [0.5, 0.6) is 0 Å². The van der Waals surface area contributed by atoms with E-state index in [2.05, 4.69) is 104 Å². The smallest absolute Gasteiger partial charge is 0.264 e. The Morgan fingerprint density at radius 3 is 1.88 bits per heavy atom. The van der Waals surface area contributed by atoms with Crippen molar-refractivity contribution < 1.29 is 0 Å². The van der Waals surface area contributed by atoms with Crippen molar-refractivity contribution in [3.63, 3.8) is 0 Å². The van der Waals surface area contributed by atoms with E-state index in [1.165, 1.54) is 39.0 Å². The molecule has 224 valence electrons. The van der Waals surface area contributed by atoms with E-state index < -0.39 is 5.41 Å². The molecule has 0 unspecified atom stereocenters. The Labute approximate surface area is 277 Å². The van der Waals surface area contributed by atoms with Gasteiger partial charge in [0, 0.05) is 16.3 Å². The predicted octanol–water partition coefficient (Wildman–Crippen LogP) is 10.1. The van der Waals surface area contributed by atoms with Gasteiger partial charge in [-0.1, -0.05) is 146 Å². The highest BCUT2D eigenvalue weighted by atomic mass is 16.1. The van der Waals surface area contributed by atoms with Gasteiger partial charge < -0.3 is 0 Å². The molecule has 0 aliphatic heterocycles. The molecule has 2 aromatic heterocycles. The van der Waals surface area contributed by atoms with Gasteiger partial charge >= 0.3 is 0 Å². The van der Waals surface area contributed by atoms with Gasteiger partial charge in [0.25, 0.3) is 5.56 Å². The molecule has 1 spiro atoms. The fraction of sp³-hybridized carbons (Fsp3) is 0.0222. The van der Waals surface area contributed by atoms with Crippen molar-refractivity contribution >= 4 is 38.3 Å². The Morgan fingerprint density at radius 2 is 1.19 bits per heavy atom. The number of benzene rings is 6. The van der Waals surface area contributed by atoms with Crippen molar-refractivity contribution in [1.82, 2.24) is 9.38 Å². The van der Waals surface area contributed by atoms with E-state index in [1.807, 2.05) is 65.1 Å². The van der Waals surface area contributed by atoms with Crippen molar-refractivity contribution in [2.45, 2.75) is 5.41 Å². The van der Waals surface area contributed by atoms with Gasteiger partial charge in [0.05, 0.1) is 16.4 Å². The standard InChI is InChI=1S/C45H28N2O/c1-2-3-17-34-33-21-11-14-25-39(33)45(37-23-12-9-19-31(37)32-20-10-13-24-38(32)45)41(34)29-26-36-30-18-7-8-22-35(30)44(48)47-42(36)40(27-29)46-43(47)28-15-5-4-6-16-28/h2-27H,1H2/b17-3-. The quantitative estimate of drug-likeness (QED) is 0.146. The van der Waals surface area contributed by atoms with E-state index in [0.29, 0.717) is 11.2 Å². The summed E-state index contributed by atoms with van der Waals surface area (Å²) in [6.45, 7) is 4.03. The lowest BCUT2D eigenvalue weighted by Gasteiger charge is -2.33. The first kappa shape index (κ1) is 26.9. The van der Waals surface area contributed by atoms with Crippen LogP contribution in [0, 0.1) is 0 Å². The molecule has 0 saturated carbocycles. The summed E-state index contributed by atoms with van der Waals surface area (Å²) in [5.41, 5.74) is 12.9. The van der Waals surface area contributed by atoms with Crippen LogP contribution in [0.1, 0.15) is 27.8 Å². The van der Waals surface area contributed by atoms with E-state index in [-0.39, 0.29) is 5.56 Å². The molecule has 0 fully saturated rings. The summed E-state index contributed by atoms with van der Waals surface area (Å²) >= 11 is 0. The fourth-order valence-electron chi connectivity index (χ4n) is 8.58. The summed E-state index contributed by atoms with van der Waals surface area (Å²) in [5.74, 6) is 0.658. The maximum atomic E-state index is 14.2. The second kappa shape index (κ2) is 9.84. The first-order valence-corrected chi connectivity index (χ1v) is 16.3. The van der Waals surface area contributed by atoms with Crippen LogP contribution in [0.4, 0.5) is 0 Å². The Balaban J connectivity index is 1.41. The highest BCUT2D eigenvalue weighted by Gasteiger charge is 2.53. The zero-order valence-electron chi connectivity index (χ0n) is 26.0. The number of nitrogens with zero attached hydrogens (tertiary/aromatic N) is 2. The Hall–Kier alpha value is -6.32. The van der Waals surface area contributed by atoms with Crippen molar-refractivity contribution in [2.24, 2.45) is 0 Å². The minimum atomic E-state index is -0.556. The minimum absolute atomic E-state index is 0.0515. The normalized spacial score (nSPS) is 14.4. The number of rotatable bonds is 4. The van der Waals surface area contributed by atoms with Gasteiger partial charge in [0.15, 0.2) is 0 Å². The lowest BCUT2D eigenvalue weighted by Crippen LogP contribution is -2.26. The Bertz CT molecular complexity index is 2720. The third-order valence-electron chi connectivity index (χ3n) is 10.3. The lowest BCUT2D eigenvalue weighted by molar-refractivity contribution is 0.842.